The third-order valence-corrected chi connectivity index (χ3v) is 3.22. The molecule has 0 amide bonds. The Kier molecular flexibility index (Phi) is 2.92. The lowest BCUT2D eigenvalue weighted by Crippen LogP contribution is -2.63. The van der Waals surface area contributed by atoms with Crippen molar-refractivity contribution in [2.45, 2.75) is 31.1 Å². The molecular formula is C9H17NO2S. The maximum Gasteiger partial charge on any atom is 0.325 e. The molecule has 0 aromatic carbocycles. The van der Waals surface area contributed by atoms with Gasteiger partial charge >= 0.3 is 5.97 Å². The minimum absolute atomic E-state index is 0.0914. The molecule has 0 bridgehead atoms. The van der Waals surface area contributed by atoms with E-state index in [1.165, 1.54) is 0 Å². The van der Waals surface area contributed by atoms with Crippen LogP contribution in [-0.2, 0) is 9.53 Å². The first-order valence-electron chi connectivity index (χ1n) is 4.39. The molecule has 1 aliphatic heterocycles. The van der Waals surface area contributed by atoms with Gasteiger partial charge in [-0.1, -0.05) is 0 Å². The molecule has 0 spiro atoms. The molecule has 1 saturated heterocycles. The van der Waals surface area contributed by atoms with E-state index in [-0.39, 0.29) is 16.3 Å². The highest BCUT2D eigenvalue weighted by atomic mass is 32.2. The Balaban J connectivity index is 2.56. The van der Waals surface area contributed by atoms with Gasteiger partial charge in [-0.05, 0) is 27.0 Å². The first-order chi connectivity index (χ1) is 5.90. The number of nitrogens with one attached hydrogen (secondary N) is 1. The van der Waals surface area contributed by atoms with Crippen molar-refractivity contribution in [3.05, 3.63) is 0 Å². The maximum atomic E-state index is 11.7. The van der Waals surface area contributed by atoms with Crippen molar-refractivity contribution >= 4 is 17.7 Å². The summed E-state index contributed by atoms with van der Waals surface area (Å²) in [4.78, 5) is 11.7. The Morgan fingerprint density at radius 2 is 2.00 bits per heavy atom. The average molecular weight is 203 g/mol. The summed E-state index contributed by atoms with van der Waals surface area (Å²) in [6.45, 7) is 7.13. The van der Waals surface area contributed by atoms with E-state index in [4.69, 9.17) is 4.74 Å². The first kappa shape index (κ1) is 10.9. The van der Waals surface area contributed by atoms with Crippen molar-refractivity contribution in [3.8, 4) is 0 Å². The molecule has 0 unspecified atom stereocenters. The summed E-state index contributed by atoms with van der Waals surface area (Å²) in [5.41, 5.74) is -0.380. The van der Waals surface area contributed by atoms with Crippen LogP contribution >= 0.6 is 11.8 Å². The fourth-order valence-corrected chi connectivity index (χ4v) is 1.80. The van der Waals surface area contributed by atoms with E-state index in [0.29, 0.717) is 0 Å². The minimum Gasteiger partial charge on any atom is -0.459 e. The molecule has 3 nitrogen and oxygen atoms in total. The molecule has 0 aliphatic carbocycles. The van der Waals surface area contributed by atoms with Crippen LogP contribution in [0.4, 0.5) is 0 Å². The SMILES string of the molecule is CSC1(C(=O)OC(C)(C)C)CNC1. The third kappa shape index (κ3) is 2.38. The Hall–Kier alpha value is -0.220. The molecule has 1 heterocycles. The topological polar surface area (TPSA) is 38.3 Å². The predicted molar refractivity (Wildman–Crippen MR) is 55.0 cm³/mol. The molecule has 1 rings (SSSR count). The van der Waals surface area contributed by atoms with E-state index < -0.39 is 0 Å². The molecular weight excluding hydrogens is 186 g/mol. The summed E-state index contributed by atoms with van der Waals surface area (Å²) in [5, 5.41) is 3.10. The molecule has 1 N–H and O–H groups in total. The van der Waals surface area contributed by atoms with Crippen LogP contribution in [0.15, 0.2) is 0 Å². The molecule has 0 radical (unpaired) electrons. The van der Waals surface area contributed by atoms with Gasteiger partial charge in [0, 0.05) is 13.1 Å². The molecule has 0 aromatic rings. The average Bonchev–Trinajstić information content (AvgIpc) is 1.80. The second-order valence-corrected chi connectivity index (χ2v) is 5.49. The van der Waals surface area contributed by atoms with Gasteiger partial charge in [0.25, 0.3) is 0 Å². The maximum absolute atomic E-state index is 11.7. The van der Waals surface area contributed by atoms with E-state index in [0.717, 1.165) is 13.1 Å². The Morgan fingerprint density at radius 1 is 1.46 bits per heavy atom. The molecule has 76 valence electrons. The van der Waals surface area contributed by atoms with Gasteiger partial charge in [0.2, 0.25) is 0 Å². The Morgan fingerprint density at radius 3 is 2.23 bits per heavy atom. The molecule has 13 heavy (non-hydrogen) atoms. The standard InChI is InChI=1S/C9H17NO2S/c1-8(2,3)12-7(11)9(13-4)5-10-6-9/h10H,5-6H2,1-4H3. The minimum atomic E-state index is -0.380. The molecule has 1 aliphatic rings. The molecule has 0 aromatic heterocycles. The van der Waals surface area contributed by atoms with E-state index >= 15 is 0 Å². The van der Waals surface area contributed by atoms with E-state index in [1.54, 1.807) is 11.8 Å². The van der Waals surface area contributed by atoms with Crippen LogP contribution in [0.1, 0.15) is 20.8 Å². The quantitative estimate of drug-likeness (QED) is 0.680. The highest BCUT2D eigenvalue weighted by molar-refractivity contribution is 8.00. The monoisotopic (exact) mass is 203 g/mol. The van der Waals surface area contributed by atoms with Crippen LogP contribution in [0.5, 0.6) is 0 Å². The zero-order chi connectivity index (χ0) is 10.1. The normalized spacial score (nSPS) is 20.6. The van der Waals surface area contributed by atoms with E-state index in [9.17, 15) is 4.79 Å². The summed E-state index contributed by atoms with van der Waals surface area (Å²) in [6, 6.07) is 0. The van der Waals surface area contributed by atoms with Gasteiger partial charge in [-0.25, -0.2) is 0 Å². The van der Waals surface area contributed by atoms with Gasteiger partial charge in [-0.3, -0.25) is 4.79 Å². The second kappa shape index (κ2) is 3.50. The number of ether oxygens (including phenoxy) is 1. The lowest BCUT2D eigenvalue weighted by Gasteiger charge is -2.40. The number of rotatable bonds is 2. The number of carbonyl (C=O) groups excluding carboxylic acids is 1. The number of thioether (sulfide) groups is 1. The summed E-state index contributed by atoms with van der Waals surface area (Å²) >= 11 is 1.57. The summed E-state index contributed by atoms with van der Waals surface area (Å²) < 4.78 is 5.01. The molecule has 1 fully saturated rings. The van der Waals surface area contributed by atoms with Crippen LogP contribution < -0.4 is 5.32 Å². The van der Waals surface area contributed by atoms with Crippen molar-refractivity contribution in [1.82, 2.24) is 5.32 Å². The van der Waals surface area contributed by atoms with Crippen LogP contribution in [0, 0.1) is 0 Å². The van der Waals surface area contributed by atoms with Crippen LogP contribution in [0.2, 0.25) is 0 Å². The summed E-state index contributed by atoms with van der Waals surface area (Å²) in [7, 11) is 0. The Labute approximate surface area is 83.6 Å². The fraction of sp³-hybridized carbons (Fsp3) is 0.889. The van der Waals surface area contributed by atoms with Gasteiger partial charge in [0.05, 0.1) is 0 Å². The van der Waals surface area contributed by atoms with Crippen LogP contribution in [0.3, 0.4) is 0 Å². The van der Waals surface area contributed by atoms with E-state index in [1.807, 2.05) is 27.0 Å². The smallest absolute Gasteiger partial charge is 0.325 e. The van der Waals surface area contributed by atoms with Crippen LogP contribution in [-0.4, -0.2) is 35.7 Å². The number of hydrogen-bond acceptors (Lipinski definition) is 4. The van der Waals surface area contributed by atoms with Crippen molar-refractivity contribution < 1.29 is 9.53 Å². The van der Waals surface area contributed by atoms with Crippen molar-refractivity contribution in [2.24, 2.45) is 0 Å². The predicted octanol–water partition coefficient (Wildman–Crippen LogP) is 1.03. The largest absolute Gasteiger partial charge is 0.459 e. The summed E-state index contributed by atoms with van der Waals surface area (Å²) in [5.74, 6) is -0.0914. The molecule has 0 saturated carbocycles. The van der Waals surface area contributed by atoms with Crippen molar-refractivity contribution in [2.75, 3.05) is 19.3 Å². The lowest BCUT2D eigenvalue weighted by molar-refractivity contribution is -0.159. The number of carbonyl (C=O) groups is 1. The van der Waals surface area contributed by atoms with Gasteiger partial charge in [-0.15, -0.1) is 11.8 Å². The highest BCUT2D eigenvalue weighted by Crippen LogP contribution is 2.30. The number of hydrogen-bond donors (Lipinski definition) is 1. The van der Waals surface area contributed by atoms with Gasteiger partial charge < -0.3 is 10.1 Å². The van der Waals surface area contributed by atoms with Crippen LogP contribution in [0.25, 0.3) is 0 Å². The van der Waals surface area contributed by atoms with Gasteiger partial charge in [0.1, 0.15) is 10.3 Å². The van der Waals surface area contributed by atoms with Crippen molar-refractivity contribution in [1.29, 1.82) is 0 Å². The number of esters is 1. The third-order valence-electron chi connectivity index (χ3n) is 1.98. The zero-order valence-electron chi connectivity index (χ0n) is 8.64. The van der Waals surface area contributed by atoms with Crippen molar-refractivity contribution in [3.63, 3.8) is 0 Å². The lowest BCUT2D eigenvalue weighted by atomic mass is 10.0. The molecule has 0 atom stereocenters. The van der Waals surface area contributed by atoms with Gasteiger partial charge in [0.15, 0.2) is 0 Å². The fourth-order valence-electron chi connectivity index (χ4n) is 1.10. The molecule has 4 heteroatoms. The summed E-state index contributed by atoms with van der Waals surface area (Å²) in [6.07, 6.45) is 1.95. The Bertz CT molecular complexity index is 201. The first-order valence-corrected chi connectivity index (χ1v) is 5.61. The zero-order valence-corrected chi connectivity index (χ0v) is 9.46. The van der Waals surface area contributed by atoms with Gasteiger partial charge in [-0.2, -0.15) is 0 Å². The second-order valence-electron chi connectivity index (χ2n) is 4.30. The highest BCUT2D eigenvalue weighted by Gasteiger charge is 2.46. The van der Waals surface area contributed by atoms with E-state index in [2.05, 4.69) is 5.32 Å².